The van der Waals surface area contributed by atoms with Gasteiger partial charge in [0.15, 0.2) is 0 Å². The van der Waals surface area contributed by atoms with E-state index in [4.69, 9.17) is 4.74 Å². The van der Waals surface area contributed by atoms with Crippen LogP contribution in [-0.4, -0.2) is 29.0 Å². The van der Waals surface area contributed by atoms with Crippen LogP contribution in [0.2, 0.25) is 0 Å². The number of amides is 1. The van der Waals surface area contributed by atoms with Crippen LogP contribution < -0.4 is 10.1 Å². The van der Waals surface area contributed by atoms with E-state index in [1.807, 2.05) is 24.3 Å². The van der Waals surface area contributed by atoms with E-state index in [1.54, 1.807) is 25.1 Å². The number of ether oxygens (including phenoxy) is 1. The zero-order valence-electron chi connectivity index (χ0n) is 10.3. The van der Waals surface area contributed by atoms with Gasteiger partial charge in [0.05, 0.1) is 24.3 Å². The molecule has 3 rings (SSSR count). The first-order valence-corrected chi connectivity index (χ1v) is 6.91. The third-order valence-corrected chi connectivity index (χ3v) is 4.28. The molecule has 1 aliphatic rings. The lowest BCUT2D eigenvalue weighted by atomic mass is 10.1. The van der Waals surface area contributed by atoms with Gasteiger partial charge in [0.2, 0.25) is 5.91 Å². The fourth-order valence-electron chi connectivity index (χ4n) is 2.10. The van der Waals surface area contributed by atoms with E-state index < -0.39 is 0 Å². The summed E-state index contributed by atoms with van der Waals surface area (Å²) in [4.78, 5) is 11.6. The molecule has 5 nitrogen and oxygen atoms in total. The SMILES string of the molecule is COc1cccc([C@H]2SCC(=O)Nc3[nH]ncc32)c1. The normalized spacial score (nSPS) is 18.4. The Morgan fingerprint density at radius 3 is 3.21 bits per heavy atom. The lowest BCUT2D eigenvalue weighted by Gasteiger charge is -2.14. The number of carbonyl (C=O) groups is 1. The molecular formula is C13H13N3O2S. The summed E-state index contributed by atoms with van der Waals surface area (Å²) in [5.74, 6) is 1.90. The highest BCUT2D eigenvalue weighted by Crippen LogP contribution is 2.41. The van der Waals surface area contributed by atoms with Crippen molar-refractivity contribution in [2.24, 2.45) is 0 Å². The van der Waals surface area contributed by atoms with Crippen molar-refractivity contribution in [1.82, 2.24) is 10.2 Å². The number of hydrogen-bond acceptors (Lipinski definition) is 4. The number of H-pyrrole nitrogens is 1. The van der Waals surface area contributed by atoms with Gasteiger partial charge < -0.3 is 10.1 Å². The van der Waals surface area contributed by atoms with Crippen LogP contribution in [0.5, 0.6) is 5.75 Å². The van der Waals surface area contributed by atoms with E-state index in [0.717, 1.165) is 16.9 Å². The van der Waals surface area contributed by atoms with Gasteiger partial charge in [-0.05, 0) is 17.7 Å². The predicted molar refractivity (Wildman–Crippen MR) is 74.5 cm³/mol. The van der Waals surface area contributed by atoms with Crippen molar-refractivity contribution >= 4 is 23.5 Å². The predicted octanol–water partition coefficient (Wildman–Crippen LogP) is 2.19. The van der Waals surface area contributed by atoms with Crippen molar-refractivity contribution in [3.63, 3.8) is 0 Å². The Balaban J connectivity index is 2.02. The van der Waals surface area contributed by atoms with Crippen molar-refractivity contribution < 1.29 is 9.53 Å². The summed E-state index contributed by atoms with van der Waals surface area (Å²) in [6, 6.07) is 7.89. The Morgan fingerprint density at radius 1 is 1.47 bits per heavy atom. The van der Waals surface area contributed by atoms with E-state index in [2.05, 4.69) is 15.5 Å². The molecule has 0 spiro atoms. The molecule has 2 heterocycles. The number of benzene rings is 1. The lowest BCUT2D eigenvalue weighted by Crippen LogP contribution is -2.12. The van der Waals surface area contributed by atoms with E-state index >= 15 is 0 Å². The molecule has 1 aliphatic heterocycles. The number of aromatic amines is 1. The van der Waals surface area contributed by atoms with Crippen LogP contribution in [0, 0.1) is 0 Å². The van der Waals surface area contributed by atoms with Crippen molar-refractivity contribution in [1.29, 1.82) is 0 Å². The van der Waals surface area contributed by atoms with Crippen LogP contribution in [-0.2, 0) is 4.79 Å². The number of methoxy groups -OCH3 is 1. The molecule has 0 bridgehead atoms. The smallest absolute Gasteiger partial charge is 0.235 e. The molecule has 1 amide bonds. The molecule has 2 aromatic rings. The van der Waals surface area contributed by atoms with Crippen molar-refractivity contribution in [2.45, 2.75) is 5.25 Å². The van der Waals surface area contributed by atoms with Crippen LogP contribution in [0.3, 0.4) is 0 Å². The first-order chi connectivity index (χ1) is 9.28. The minimum Gasteiger partial charge on any atom is -0.497 e. The van der Waals surface area contributed by atoms with Gasteiger partial charge in [0, 0.05) is 5.56 Å². The summed E-state index contributed by atoms with van der Waals surface area (Å²) in [7, 11) is 1.65. The lowest BCUT2D eigenvalue weighted by molar-refractivity contribution is -0.113. The Kier molecular flexibility index (Phi) is 3.16. The van der Waals surface area contributed by atoms with Crippen LogP contribution in [0.1, 0.15) is 16.4 Å². The minimum absolute atomic E-state index is 0.0131. The molecule has 0 radical (unpaired) electrons. The first kappa shape index (κ1) is 12.1. The third kappa shape index (κ3) is 2.31. The fourth-order valence-corrected chi connectivity index (χ4v) is 3.19. The van der Waals surface area contributed by atoms with Gasteiger partial charge in [-0.15, -0.1) is 11.8 Å². The number of rotatable bonds is 2. The van der Waals surface area contributed by atoms with Crippen molar-refractivity contribution in [3.8, 4) is 5.75 Å². The van der Waals surface area contributed by atoms with Crippen LogP contribution in [0.4, 0.5) is 5.82 Å². The number of thioether (sulfide) groups is 1. The molecule has 6 heteroatoms. The minimum atomic E-state index is -0.0131. The van der Waals surface area contributed by atoms with Crippen LogP contribution in [0.25, 0.3) is 0 Å². The second-order valence-corrected chi connectivity index (χ2v) is 5.31. The molecule has 1 aromatic carbocycles. The van der Waals surface area contributed by atoms with Crippen molar-refractivity contribution in [2.75, 3.05) is 18.2 Å². The van der Waals surface area contributed by atoms with Gasteiger partial charge in [-0.1, -0.05) is 12.1 Å². The molecule has 2 N–H and O–H groups in total. The van der Waals surface area contributed by atoms with E-state index in [9.17, 15) is 4.79 Å². The average Bonchev–Trinajstić information content (AvgIpc) is 2.81. The van der Waals surface area contributed by atoms with E-state index in [0.29, 0.717) is 11.6 Å². The molecule has 0 saturated heterocycles. The summed E-state index contributed by atoms with van der Waals surface area (Å²) in [6.07, 6.45) is 1.76. The number of hydrogen-bond donors (Lipinski definition) is 2. The summed E-state index contributed by atoms with van der Waals surface area (Å²) in [6.45, 7) is 0. The maximum atomic E-state index is 11.6. The standard InChI is InChI=1S/C13H13N3O2S/c1-18-9-4-2-3-8(5-9)12-10-6-14-16-13(10)15-11(17)7-19-12/h2-6,12H,7H2,1H3,(H2,14,15,16,17)/t12-/m1/s1. The van der Waals surface area contributed by atoms with Gasteiger partial charge in [-0.25, -0.2) is 0 Å². The zero-order valence-corrected chi connectivity index (χ0v) is 11.2. The quantitative estimate of drug-likeness (QED) is 0.881. The molecule has 0 fully saturated rings. The third-order valence-electron chi connectivity index (χ3n) is 2.99. The summed E-state index contributed by atoms with van der Waals surface area (Å²) >= 11 is 1.58. The Labute approximate surface area is 114 Å². The maximum Gasteiger partial charge on any atom is 0.235 e. The number of carbonyl (C=O) groups excluding carboxylic acids is 1. The number of aromatic nitrogens is 2. The summed E-state index contributed by atoms with van der Waals surface area (Å²) in [5.41, 5.74) is 2.09. The fraction of sp³-hybridized carbons (Fsp3) is 0.231. The molecule has 98 valence electrons. The average molecular weight is 275 g/mol. The number of nitrogens with zero attached hydrogens (tertiary/aromatic N) is 1. The summed E-state index contributed by atoms with van der Waals surface area (Å²) in [5, 5.41) is 9.74. The molecule has 1 atom stereocenters. The highest BCUT2D eigenvalue weighted by Gasteiger charge is 2.25. The molecule has 0 aliphatic carbocycles. The molecular weight excluding hydrogens is 262 g/mol. The molecule has 19 heavy (non-hydrogen) atoms. The Morgan fingerprint density at radius 2 is 2.37 bits per heavy atom. The zero-order chi connectivity index (χ0) is 13.2. The second-order valence-electron chi connectivity index (χ2n) is 4.22. The van der Waals surface area contributed by atoms with E-state index in [1.165, 1.54) is 0 Å². The van der Waals surface area contributed by atoms with Gasteiger partial charge in [-0.3, -0.25) is 9.89 Å². The van der Waals surface area contributed by atoms with Gasteiger partial charge in [0.25, 0.3) is 0 Å². The Hall–Kier alpha value is -1.95. The highest BCUT2D eigenvalue weighted by molar-refractivity contribution is 8.00. The first-order valence-electron chi connectivity index (χ1n) is 5.86. The number of anilines is 1. The van der Waals surface area contributed by atoms with Gasteiger partial charge in [-0.2, -0.15) is 5.10 Å². The largest absolute Gasteiger partial charge is 0.497 e. The maximum absolute atomic E-state index is 11.6. The summed E-state index contributed by atoms with van der Waals surface area (Å²) < 4.78 is 5.25. The second kappa shape index (κ2) is 4.97. The molecule has 0 unspecified atom stereocenters. The topological polar surface area (TPSA) is 67.0 Å². The van der Waals surface area contributed by atoms with Crippen LogP contribution in [0.15, 0.2) is 30.5 Å². The molecule has 0 saturated carbocycles. The van der Waals surface area contributed by atoms with Gasteiger partial charge >= 0.3 is 0 Å². The number of nitrogens with one attached hydrogen (secondary N) is 2. The monoisotopic (exact) mass is 275 g/mol. The highest BCUT2D eigenvalue weighted by atomic mass is 32.2. The van der Waals surface area contributed by atoms with Gasteiger partial charge in [0.1, 0.15) is 11.6 Å². The molecule has 1 aromatic heterocycles. The van der Waals surface area contributed by atoms with Crippen molar-refractivity contribution in [3.05, 3.63) is 41.6 Å². The Bertz CT molecular complexity index is 611. The van der Waals surface area contributed by atoms with E-state index in [-0.39, 0.29) is 11.2 Å². The van der Waals surface area contributed by atoms with Crippen LogP contribution >= 0.6 is 11.8 Å². The number of fused-ring (bicyclic) bond motifs is 1.